The van der Waals surface area contributed by atoms with E-state index in [1.165, 1.54) is 4.90 Å². The van der Waals surface area contributed by atoms with E-state index in [9.17, 15) is 9.59 Å². The molecule has 0 rings (SSSR count). The molecule has 0 aromatic heterocycles. The van der Waals surface area contributed by atoms with E-state index >= 15 is 0 Å². The van der Waals surface area contributed by atoms with Crippen LogP contribution in [-0.4, -0.2) is 40.5 Å². The van der Waals surface area contributed by atoms with Gasteiger partial charge < -0.3 is 15.7 Å². The molecule has 0 saturated heterocycles. The number of hydrogen-bond donors (Lipinski definition) is 2. The lowest BCUT2D eigenvalue weighted by Crippen LogP contribution is -2.49. The molecule has 0 bridgehead atoms. The van der Waals surface area contributed by atoms with E-state index in [-0.39, 0.29) is 30.8 Å². The summed E-state index contributed by atoms with van der Waals surface area (Å²) >= 11 is 0. The molecule has 0 heterocycles. The zero-order valence-corrected chi connectivity index (χ0v) is 10.4. The largest absolute Gasteiger partial charge is 0.481 e. The van der Waals surface area contributed by atoms with E-state index in [1.54, 1.807) is 0 Å². The van der Waals surface area contributed by atoms with E-state index in [2.05, 4.69) is 0 Å². The van der Waals surface area contributed by atoms with Gasteiger partial charge in [-0.25, -0.2) is 0 Å². The Morgan fingerprint density at radius 2 is 1.75 bits per heavy atom. The zero-order chi connectivity index (χ0) is 12.9. The summed E-state index contributed by atoms with van der Waals surface area (Å²) < 4.78 is 0. The first-order valence-corrected chi connectivity index (χ1v) is 5.55. The number of aliphatic carboxylic acids is 1. The van der Waals surface area contributed by atoms with Crippen molar-refractivity contribution >= 4 is 11.9 Å². The van der Waals surface area contributed by atoms with Crippen molar-refractivity contribution in [3.8, 4) is 0 Å². The Kier molecular flexibility index (Phi) is 6.03. The summed E-state index contributed by atoms with van der Waals surface area (Å²) in [7, 11) is 0. The molecule has 94 valence electrons. The molecule has 16 heavy (non-hydrogen) atoms. The molecule has 0 aliphatic rings. The Bertz CT molecular complexity index is 252. The maximum absolute atomic E-state index is 11.9. The van der Waals surface area contributed by atoms with Crippen molar-refractivity contribution in [2.45, 2.75) is 46.2 Å². The van der Waals surface area contributed by atoms with Gasteiger partial charge in [0.25, 0.3) is 0 Å². The van der Waals surface area contributed by atoms with Gasteiger partial charge in [0, 0.05) is 12.6 Å². The lowest BCUT2D eigenvalue weighted by Gasteiger charge is -2.30. The van der Waals surface area contributed by atoms with Gasteiger partial charge in [-0.05, 0) is 19.8 Å². The van der Waals surface area contributed by atoms with Crippen LogP contribution in [0.3, 0.4) is 0 Å². The molecule has 0 aromatic rings. The van der Waals surface area contributed by atoms with Gasteiger partial charge in [0.05, 0.1) is 12.5 Å². The topological polar surface area (TPSA) is 83.6 Å². The first kappa shape index (κ1) is 14.9. The first-order valence-electron chi connectivity index (χ1n) is 5.55. The van der Waals surface area contributed by atoms with Crippen LogP contribution in [0.15, 0.2) is 0 Å². The number of carboxylic acid groups (broad SMARTS) is 1. The average molecular weight is 230 g/mol. The normalized spacial score (nSPS) is 12.9. The lowest BCUT2D eigenvalue weighted by molar-refractivity contribution is -0.139. The average Bonchev–Trinajstić information content (AvgIpc) is 2.15. The Morgan fingerprint density at radius 1 is 1.25 bits per heavy atom. The molecule has 0 aliphatic carbocycles. The fourth-order valence-corrected chi connectivity index (χ4v) is 1.32. The number of carbonyl (C=O) groups is 2. The number of nitrogens with zero attached hydrogens (tertiary/aromatic N) is 1. The minimum Gasteiger partial charge on any atom is -0.481 e. The summed E-state index contributed by atoms with van der Waals surface area (Å²) in [5, 5.41) is 8.60. The highest BCUT2D eigenvalue weighted by Gasteiger charge is 2.25. The maximum atomic E-state index is 11.9. The second kappa shape index (κ2) is 6.48. The van der Waals surface area contributed by atoms with Crippen LogP contribution >= 0.6 is 0 Å². The number of carbonyl (C=O) groups excluding carboxylic acids is 1. The molecule has 0 spiro atoms. The number of carboxylic acids is 1. The van der Waals surface area contributed by atoms with Crippen LogP contribution in [0.4, 0.5) is 0 Å². The van der Waals surface area contributed by atoms with Crippen LogP contribution in [0.1, 0.15) is 34.1 Å². The predicted octanol–water partition coefficient (Wildman–Crippen LogP) is 0.681. The Labute approximate surface area is 96.6 Å². The van der Waals surface area contributed by atoms with Crippen molar-refractivity contribution in [1.82, 2.24) is 4.90 Å². The minimum absolute atomic E-state index is 0.0309. The third-order valence-electron chi connectivity index (χ3n) is 2.48. The van der Waals surface area contributed by atoms with Crippen molar-refractivity contribution in [1.29, 1.82) is 0 Å². The summed E-state index contributed by atoms with van der Waals surface area (Å²) in [6.45, 7) is 7.67. The summed E-state index contributed by atoms with van der Waals surface area (Å²) in [6.07, 6.45) is -0.0469. The van der Waals surface area contributed by atoms with Crippen molar-refractivity contribution < 1.29 is 14.7 Å². The summed E-state index contributed by atoms with van der Waals surface area (Å²) in [6, 6.07) is -0.590. The molecule has 0 radical (unpaired) electrons. The third kappa shape index (κ3) is 4.61. The van der Waals surface area contributed by atoms with E-state index < -0.39 is 12.0 Å². The number of nitrogens with two attached hydrogens (primary N) is 1. The molecule has 0 aromatic carbocycles. The van der Waals surface area contributed by atoms with Gasteiger partial charge in [0.15, 0.2) is 0 Å². The molecule has 0 fully saturated rings. The van der Waals surface area contributed by atoms with Crippen LogP contribution < -0.4 is 5.73 Å². The monoisotopic (exact) mass is 230 g/mol. The lowest BCUT2D eigenvalue weighted by atomic mass is 10.0. The molecule has 0 unspecified atom stereocenters. The fourth-order valence-electron chi connectivity index (χ4n) is 1.32. The summed E-state index contributed by atoms with van der Waals surface area (Å²) in [4.78, 5) is 24.0. The second-order valence-electron chi connectivity index (χ2n) is 4.54. The first-order chi connectivity index (χ1) is 7.27. The van der Waals surface area contributed by atoms with E-state index in [0.717, 1.165) is 0 Å². The van der Waals surface area contributed by atoms with Gasteiger partial charge in [-0.2, -0.15) is 0 Å². The van der Waals surface area contributed by atoms with E-state index in [0.29, 0.717) is 0 Å². The smallest absolute Gasteiger partial charge is 0.305 e. The van der Waals surface area contributed by atoms with Gasteiger partial charge >= 0.3 is 5.97 Å². The van der Waals surface area contributed by atoms with Crippen molar-refractivity contribution in [2.75, 3.05) is 6.54 Å². The number of hydrogen-bond acceptors (Lipinski definition) is 3. The molecular weight excluding hydrogens is 208 g/mol. The standard InChI is InChI=1S/C11H22N2O3/c1-7(2)10(12)11(16)13(8(3)4)6-5-9(14)15/h7-8,10H,5-6,12H2,1-4H3,(H,14,15)/t10-/m0/s1. The van der Waals surface area contributed by atoms with Crippen molar-refractivity contribution in [3.63, 3.8) is 0 Å². The van der Waals surface area contributed by atoms with E-state index in [1.807, 2.05) is 27.7 Å². The van der Waals surface area contributed by atoms with Gasteiger partial charge in [0.2, 0.25) is 5.91 Å². The highest BCUT2D eigenvalue weighted by Crippen LogP contribution is 2.08. The van der Waals surface area contributed by atoms with Crippen LogP contribution in [0.25, 0.3) is 0 Å². The third-order valence-corrected chi connectivity index (χ3v) is 2.48. The predicted molar refractivity (Wildman–Crippen MR) is 61.9 cm³/mol. The van der Waals surface area contributed by atoms with Crippen molar-refractivity contribution in [2.24, 2.45) is 11.7 Å². The van der Waals surface area contributed by atoms with Gasteiger partial charge in [-0.15, -0.1) is 0 Å². The molecule has 3 N–H and O–H groups in total. The molecule has 0 saturated carbocycles. The Balaban J connectivity index is 4.53. The van der Waals surface area contributed by atoms with Crippen LogP contribution in [0, 0.1) is 5.92 Å². The molecular formula is C11H22N2O3. The Hall–Kier alpha value is -1.10. The van der Waals surface area contributed by atoms with E-state index in [4.69, 9.17) is 10.8 Å². The minimum atomic E-state index is -0.906. The second-order valence-corrected chi connectivity index (χ2v) is 4.54. The quantitative estimate of drug-likeness (QED) is 0.703. The summed E-state index contributed by atoms with van der Waals surface area (Å²) in [5.41, 5.74) is 5.77. The zero-order valence-electron chi connectivity index (χ0n) is 10.4. The number of amides is 1. The van der Waals surface area contributed by atoms with Crippen LogP contribution in [0.5, 0.6) is 0 Å². The van der Waals surface area contributed by atoms with Gasteiger partial charge in [0.1, 0.15) is 0 Å². The highest BCUT2D eigenvalue weighted by molar-refractivity contribution is 5.82. The highest BCUT2D eigenvalue weighted by atomic mass is 16.4. The van der Waals surface area contributed by atoms with Gasteiger partial charge in [-0.3, -0.25) is 9.59 Å². The Morgan fingerprint density at radius 3 is 2.06 bits per heavy atom. The van der Waals surface area contributed by atoms with Crippen molar-refractivity contribution in [3.05, 3.63) is 0 Å². The molecule has 5 nitrogen and oxygen atoms in total. The summed E-state index contributed by atoms with van der Waals surface area (Å²) in [5.74, 6) is -1.03. The maximum Gasteiger partial charge on any atom is 0.305 e. The van der Waals surface area contributed by atoms with Crippen LogP contribution in [-0.2, 0) is 9.59 Å². The fraction of sp³-hybridized carbons (Fsp3) is 0.818. The molecule has 0 aliphatic heterocycles. The van der Waals surface area contributed by atoms with Crippen LogP contribution in [0.2, 0.25) is 0 Å². The number of rotatable bonds is 6. The SMILES string of the molecule is CC(C)[C@H](N)C(=O)N(CCC(=O)O)C(C)C. The molecule has 5 heteroatoms. The molecule has 1 atom stereocenters. The van der Waals surface area contributed by atoms with Gasteiger partial charge in [-0.1, -0.05) is 13.8 Å². The molecule has 1 amide bonds.